The summed E-state index contributed by atoms with van der Waals surface area (Å²) >= 11 is 0. The third kappa shape index (κ3) is 3.21. The number of methoxy groups -OCH3 is 2. The van der Waals surface area contributed by atoms with E-state index in [9.17, 15) is 4.79 Å². The van der Waals surface area contributed by atoms with Gasteiger partial charge in [0.1, 0.15) is 23.7 Å². The molecule has 112 valence electrons. The fourth-order valence-electron chi connectivity index (χ4n) is 2.10. The third-order valence-electron chi connectivity index (χ3n) is 3.16. The van der Waals surface area contributed by atoms with Gasteiger partial charge in [0.25, 0.3) is 0 Å². The maximum atomic E-state index is 12.5. The van der Waals surface area contributed by atoms with Gasteiger partial charge in [0.2, 0.25) is 0 Å². The lowest BCUT2D eigenvalue weighted by Crippen LogP contribution is -2.13. The Hall–Kier alpha value is -2.37. The predicted octanol–water partition coefficient (Wildman–Crippen LogP) is 2.30. The lowest BCUT2D eigenvalue weighted by molar-refractivity contribution is 0.0986. The Morgan fingerprint density at radius 2 is 2.05 bits per heavy atom. The summed E-state index contributed by atoms with van der Waals surface area (Å²) in [6.45, 7) is 3.99. The zero-order valence-electron chi connectivity index (χ0n) is 12.7. The molecule has 2 rings (SSSR count). The first-order valence-corrected chi connectivity index (χ1v) is 6.70. The van der Waals surface area contributed by atoms with Crippen molar-refractivity contribution < 1.29 is 14.3 Å². The van der Waals surface area contributed by atoms with Gasteiger partial charge < -0.3 is 9.47 Å². The van der Waals surface area contributed by atoms with Crippen molar-refractivity contribution >= 4 is 5.78 Å². The first-order chi connectivity index (χ1) is 10.1. The molecule has 21 heavy (non-hydrogen) atoms. The number of Topliss-reactive ketones (excluding diaryl/α,β-unsaturated/α-hetero) is 1. The van der Waals surface area contributed by atoms with Crippen molar-refractivity contribution in [2.45, 2.75) is 26.3 Å². The minimum atomic E-state index is -0.0654. The minimum absolute atomic E-state index is 0.0654. The number of ketones is 1. The molecular formula is C15H19N3O3. The molecule has 0 aliphatic rings. The van der Waals surface area contributed by atoms with Crippen molar-refractivity contribution in [3.05, 3.63) is 35.9 Å². The largest absolute Gasteiger partial charge is 0.497 e. The quantitative estimate of drug-likeness (QED) is 0.763. The van der Waals surface area contributed by atoms with Gasteiger partial charge in [0.15, 0.2) is 5.78 Å². The van der Waals surface area contributed by atoms with Crippen LogP contribution in [0.1, 0.15) is 36.1 Å². The molecule has 0 atom stereocenters. The zero-order chi connectivity index (χ0) is 15.4. The van der Waals surface area contributed by atoms with E-state index in [4.69, 9.17) is 9.47 Å². The maximum Gasteiger partial charge on any atom is 0.174 e. The minimum Gasteiger partial charge on any atom is -0.497 e. The number of benzene rings is 1. The standard InChI is InChI=1S/C15H19N3O3/c1-10(2)18-15(16-9-17-18)8-13(19)12-6-5-11(20-3)7-14(12)21-4/h5-7,9-10H,8H2,1-4H3. The van der Waals surface area contributed by atoms with E-state index in [1.54, 1.807) is 30.0 Å². The van der Waals surface area contributed by atoms with Gasteiger partial charge in [0.05, 0.1) is 26.2 Å². The smallest absolute Gasteiger partial charge is 0.174 e. The van der Waals surface area contributed by atoms with Crippen LogP contribution in [0.15, 0.2) is 24.5 Å². The van der Waals surface area contributed by atoms with Gasteiger partial charge in [-0.1, -0.05) is 0 Å². The number of rotatable bonds is 6. The number of hydrogen-bond donors (Lipinski definition) is 0. The number of ether oxygens (including phenoxy) is 2. The molecule has 0 saturated carbocycles. The average Bonchev–Trinajstić information content (AvgIpc) is 2.94. The predicted molar refractivity (Wildman–Crippen MR) is 78.0 cm³/mol. The highest BCUT2D eigenvalue weighted by atomic mass is 16.5. The van der Waals surface area contributed by atoms with Crippen LogP contribution in [0.5, 0.6) is 11.5 Å². The van der Waals surface area contributed by atoms with Crippen LogP contribution in [0.25, 0.3) is 0 Å². The molecule has 0 saturated heterocycles. The first-order valence-electron chi connectivity index (χ1n) is 6.70. The summed E-state index contributed by atoms with van der Waals surface area (Å²) in [7, 11) is 3.10. The molecule has 0 spiro atoms. The molecule has 6 nitrogen and oxygen atoms in total. The molecule has 6 heteroatoms. The fourth-order valence-corrected chi connectivity index (χ4v) is 2.10. The summed E-state index contributed by atoms with van der Waals surface area (Å²) < 4.78 is 12.1. The van der Waals surface area contributed by atoms with Gasteiger partial charge in [0, 0.05) is 12.1 Å². The summed E-state index contributed by atoms with van der Waals surface area (Å²) in [6, 6.07) is 5.30. The van der Waals surface area contributed by atoms with Gasteiger partial charge in [-0.2, -0.15) is 5.10 Å². The van der Waals surface area contributed by atoms with E-state index in [1.165, 1.54) is 13.4 Å². The molecule has 0 aliphatic carbocycles. The molecule has 2 aromatic rings. The molecule has 1 heterocycles. The van der Waals surface area contributed by atoms with Crippen molar-refractivity contribution in [1.82, 2.24) is 14.8 Å². The van der Waals surface area contributed by atoms with Gasteiger partial charge in [-0.3, -0.25) is 4.79 Å². The maximum absolute atomic E-state index is 12.5. The Morgan fingerprint density at radius 3 is 2.67 bits per heavy atom. The fraction of sp³-hybridized carbons (Fsp3) is 0.400. The summed E-state index contributed by atoms with van der Waals surface area (Å²) in [5.41, 5.74) is 0.511. The van der Waals surface area contributed by atoms with E-state index in [2.05, 4.69) is 10.1 Å². The number of aromatic nitrogens is 3. The topological polar surface area (TPSA) is 66.2 Å². The molecule has 0 amide bonds. The van der Waals surface area contributed by atoms with Crippen LogP contribution in [0.4, 0.5) is 0 Å². The van der Waals surface area contributed by atoms with E-state index in [0.717, 1.165) is 0 Å². The van der Waals surface area contributed by atoms with Crippen molar-refractivity contribution in [2.24, 2.45) is 0 Å². The molecule has 0 fully saturated rings. The van der Waals surface area contributed by atoms with Crippen LogP contribution in [0, 0.1) is 0 Å². The summed E-state index contributed by atoms with van der Waals surface area (Å²) in [5.74, 6) is 1.72. The van der Waals surface area contributed by atoms with Crippen LogP contribution in [-0.4, -0.2) is 34.8 Å². The zero-order valence-corrected chi connectivity index (χ0v) is 12.7. The summed E-state index contributed by atoms with van der Waals surface area (Å²) in [4.78, 5) is 16.6. The third-order valence-corrected chi connectivity index (χ3v) is 3.16. The molecule has 0 bridgehead atoms. The molecule has 0 aliphatic heterocycles. The Labute approximate surface area is 123 Å². The van der Waals surface area contributed by atoms with Crippen LogP contribution < -0.4 is 9.47 Å². The highest BCUT2D eigenvalue weighted by Crippen LogP contribution is 2.25. The van der Waals surface area contributed by atoms with Crippen molar-refractivity contribution in [3.63, 3.8) is 0 Å². The normalized spacial score (nSPS) is 10.7. The highest BCUT2D eigenvalue weighted by Gasteiger charge is 2.17. The van der Waals surface area contributed by atoms with E-state index in [1.807, 2.05) is 13.8 Å². The van der Waals surface area contributed by atoms with E-state index >= 15 is 0 Å². The van der Waals surface area contributed by atoms with Crippen LogP contribution in [0.3, 0.4) is 0 Å². The van der Waals surface area contributed by atoms with Gasteiger partial charge in [-0.15, -0.1) is 0 Å². The molecule has 0 unspecified atom stereocenters. The van der Waals surface area contributed by atoms with Gasteiger partial charge >= 0.3 is 0 Å². The van der Waals surface area contributed by atoms with Crippen LogP contribution >= 0.6 is 0 Å². The average molecular weight is 289 g/mol. The number of nitrogens with zero attached hydrogens (tertiary/aromatic N) is 3. The Morgan fingerprint density at radius 1 is 1.29 bits per heavy atom. The lowest BCUT2D eigenvalue weighted by Gasteiger charge is -2.11. The van der Waals surface area contributed by atoms with E-state index in [0.29, 0.717) is 22.9 Å². The van der Waals surface area contributed by atoms with Crippen LogP contribution in [-0.2, 0) is 6.42 Å². The lowest BCUT2D eigenvalue weighted by atomic mass is 10.1. The number of carbonyl (C=O) groups is 1. The van der Waals surface area contributed by atoms with Crippen LogP contribution in [0.2, 0.25) is 0 Å². The molecule has 0 N–H and O–H groups in total. The monoisotopic (exact) mass is 289 g/mol. The second-order valence-corrected chi connectivity index (χ2v) is 4.88. The summed E-state index contributed by atoms with van der Waals surface area (Å²) in [6.07, 6.45) is 1.65. The Bertz CT molecular complexity index is 635. The second-order valence-electron chi connectivity index (χ2n) is 4.88. The van der Waals surface area contributed by atoms with Gasteiger partial charge in [-0.05, 0) is 26.0 Å². The highest BCUT2D eigenvalue weighted by molar-refractivity contribution is 5.99. The van der Waals surface area contributed by atoms with Crippen molar-refractivity contribution in [1.29, 1.82) is 0 Å². The van der Waals surface area contributed by atoms with E-state index in [-0.39, 0.29) is 18.2 Å². The molecule has 1 aromatic heterocycles. The molecule has 1 aromatic carbocycles. The van der Waals surface area contributed by atoms with Crippen molar-refractivity contribution in [3.8, 4) is 11.5 Å². The molecular weight excluding hydrogens is 270 g/mol. The number of carbonyl (C=O) groups excluding carboxylic acids is 1. The van der Waals surface area contributed by atoms with Crippen molar-refractivity contribution in [2.75, 3.05) is 14.2 Å². The SMILES string of the molecule is COc1ccc(C(=O)Cc2ncnn2C(C)C)c(OC)c1. The Balaban J connectivity index is 2.26. The number of hydrogen-bond acceptors (Lipinski definition) is 5. The summed E-state index contributed by atoms with van der Waals surface area (Å²) in [5, 5.41) is 4.13. The van der Waals surface area contributed by atoms with Gasteiger partial charge in [-0.25, -0.2) is 9.67 Å². The van der Waals surface area contributed by atoms with E-state index < -0.39 is 0 Å². The first kappa shape index (κ1) is 15.0. The molecule has 0 radical (unpaired) electrons. The second kappa shape index (κ2) is 6.39. The Kier molecular flexibility index (Phi) is 4.57.